The molecule has 2 aromatic rings. The van der Waals surface area contributed by atoms with Crippen molar-refractivity contribution in [1.29, 1.82) is 5.26 Å². The third kappa shape index (κ3) is 5.15. The van der Waals surface area contributed by atoms with Crippen LogP contribution in [0.3, 0.4) is 0 Å². The minimum absolute atomic E-state index is 0.0267. The average Bonchev–Trinajstić information content (AvgIpc) is 3.12. The Hall–Kier alpha value is -2.85. The summed E-state index contributed by atoms with van der Waals surface area (Å²) >= 11 is 3.38. The standard InChI is InChI=1S/C22H22BrN3O3/c1-15-10-11-26(22(28)29-14-16-6-3-2-4-7-16)20(15)21(27)25-19(13-24)17-8-5-9-18(23)12-17/h2-9,12,15,19-20H,10-11,14H2,1H3,(H,25,27)/t15-,19?,20+/m1/s1. The second-order valence-corrected chi connectivity index (χ2v) is 7.99. The van der Waals surface area contributed by atoms with E-state index < -0.39 is 18.2 Å². The Labute approximate surface area is 178 Å². The normalized spacial score (nSPS) is 19.3. The number of hydrogen-bond donors (Lipinski definition) is 1. The van der Waals surface area contributed by atoms with Crippen molar-refractivity contribution in [2.75, 3.05) is 6.54 Å². The molecule has 1 N–H and O–H groups in total. The van der Waals surface area contributed by atoms with Gasteiger partial charge in [-0.05, 0) is 35.6 Å². The van der Waals surface area contributed by atoms with E-state index in [1.54, 1.807) is 18.2 Å². The van der Waals surface area contributed by atoms with E-state index in [9.17, 15) is 14.9 Å². The number of nitriles is 1. The van der Waals surface area contributed by atoms with Gasteiger partial charge >= 0.3 is 6.09 Å². The Morgan fingerprint density at radius 2 is 2.03 bits per heavy atom. The number of carbonyl (C=O) groups excluding carboxylic acids is 2. The van der Waals surface area contributed by atoms with Crippen molar-refractivity contribution in [2.45, 2.75) is 32.0 Å². The van der Waals surface area contributed by atoms with Crippen LogP contribution in [0.1, 0.15) is 30.5 Å². The summed E-state index contributed by atoms with van der Waals surface area (Å²) < 4.78 is 6.23. The quantitative estimate of drug-likeness (QED) is 0.732. The fourth-order valence-corrected chi connectivity index (χ4v) is 3.87. The van der Waals surface area contributed by atoms with Crippen LogP contribution in [0, 0.1) is 17.2 Å². The summed E-state index contributed by atoms with van der Waals surface area (Å²) in [4.78, 5) is 27.0. The molecule has 1 aliphatic rings. The molecule has 0 radical (unpaired) electrons. The molecule has 0 bridgehead atoms. The largest absolute Gasteiger partial charge is 0.445 e. The average molecular weight is 456 g/mol. The highest BCUT2D eigenvalue weighted by Gasteiger charge is 2.41. The van der Waals surface area contributed by atoms with Gasteiger partial charge in [0.05, 0.1) is 6.07 Å². The zero-order chi connectivity index (χ0) is 20.8. The fraction of sp³-hybridized carbons (Fsp3) is 0.318. The highest BCUT2D eigenvalue weighted by molar-refractivity contribution is 9.10. The lowest BCUT2D eigenvalue weighted by Crippen LogP contribution is -2.49. The van der Waals surface area contributed by atoms with E-state index in [4.69, 9.17) is 4.74 Å². The lowest BCUT2D eigenvalue weighted by molar-refractivity contribution is -0.126. The first-order chi connectivity index (χ1) is 14.0. The van der Waals surface area contributed by atoms with E-state index in [1.807, 2.05) is 43.3 Å². The highest BCUT2D eigenvalue weighted by Crippen LogP contribution is 2.26. The summed E-state index contributed by atoms with van der Waals surface area (Å²) in [6.07, 6.45) is 0.182. The molecule has 1 unspecified atom stereocenters. The minimum atomic E-state index is -0.796. The number of carbonyl (C=O) groups is 2. The van der Waals surface area contributed by atoms with Crippen molar-refractivity contribution in [1.82, 2.24) is 10.2 Å². The molecule has 29 heavy (non-hydrogen) atoms. The monoisotopic (exact) mass is 455 g/mol. The summed E-state index contributed by atoms with van der Waals surface area (Å²) in [5, 5.41) is 12.3. The predicted octanol–water partition coefficient (Wildman–Crippen LogP) is 4.18. The van der Waals surface area contributed by atoms with Crippen molar-refractivity contribution < 1.29 is 14.3 Å². The van der Waals surface area contributed by atoms with Gasteiger partial charge in [-0.15, -0.1) is 0 Å². The SMILES string of the molecule is C[C@@H]1CCN(C(=O)OCc2ccccc2)[C@@H]1C(=O)NC(C#N)c1cccc(Br)c1. The molecule has 3 rings (SSSR count). The van der Waals surface area contributed by atoms with Gasteiger partial charge in [-0.1, -0.05) is 65.3 Å². The topological polar surface area (TPSA) is 82.4 Å². The number of ether oxygens (including phenoxy) is 1. The molecule has 0 aliphatic carbocycles. The van der Waals surface area contributed by atoms with Gasteiger partial charge < -0.3 is 10.1 Å². The van der Waals surface area contributed by atoms with E-state index in [1.165, 1.54) is 4.90 Å². The van der Waals surface area contributed by atoms with Gasteiger partial charge in [-0.3, -0.25) is 9.69 Å². The van der Waals surface area contributed by atoms with Gasteiger partial charge in [0.15, 0.2) is 0 Å². The number of rotatable bonds is 5. The van der Waals surface area contributed by atoms with Crippen molar-refractivity contribution in [3.05, 3.63) is 70.2 Å². The van der Waals surface area contributed by atoms with Crippen molar-refractivity contribution >= 4 is 27.9 Å². The Bertz CT molecular complexity index is 913. The molecule has 1 aliphatic heterocycles. The first kappa shape index (κ1) is 20.9. The summed E-state index contributed by atoms with van der Waals surface area (Å²) in [6, 6.07) is 17.3. The molecular weight excluding hydrogens is 434 g/mol. The molecule has 150 valence electrons. The van der Waals surface area contributed by atoms with Gasteiger partial charge in [-0.25, -0.2) is 4.79 Å². The number of likely N-dealkylation sites (tertiary alicyclic amines) is 1. The minimum Gasteiger partial charge on any atom is -0.445 e. The van der Waals surface area contributed by atoms with Gasteiger partial charge in [0.25, 0.3) is 0 Å². The summed E-state index contributed by atoms with van der Waals surface area (Å²) in [6.45, 7) is 2.52. The lowest BCUT2D eigenvalue weighted by atomic mass is 10.0. The molecule has 0 aromatic heterocycles. The highest BCUT2D eigenvalue weighted by atomic mass is 79.9. The van der Waals surface area contributed by atoms with Crippen molar-refractivity contribution in [3.63, 3.8) is 0 Å². The first-order valence-corrected chi connectivity index (χ1v) is 10.2. The molecule has 1 heterocycles. The zero-order valence-corrected chi connectivity index (χ0v) is 17.6. The van der Waals surface area contributed by atoms with Crippen molar-refractivity contribution in [3.8, 4) is 6.07 Å². The molecule has 0 saturated carbocycles. The summed E-state index contributed by atoms with van der Waals surface area (Å²) in [5.74, 6) is -0.376. The Morgan fingerprint density at radius 1 is 1.28 bits per heavy atom. The fourth-order valence-electron chi connectivity index (χ4n) is 3.46. The Balaban J connectivity index is 1.67. The molecule has 1 fully saturated rings. The van der Waals surface area contributed by atoms with Crippen LogP contribution in [0.5, 0.6) is 0 Å². The molecule has 1 saturated heterocycles. The number of nitrogens with zero attached hydrogens (tertiary/aromatic N) is 2. The maximum Gasteiger partial charge on any atom is 0.410 e. The number of hydrogen-bond acceptors (Lipinski definition) is 4. The van der Waals surface area contributed by atoms with Crippen LogP contribution in [-0.2, 0) is 16.1 Å². The van der Waals surface area contributed by atoms with Crippen LogP contribution in [0.4, 0.5) is 4.79 Å². The van der Waals surface area contributed by atoms with E-state index in [-0.39, 0.29) is 18.4 Å². The van der Waals surface area contributed by atoms with E-state index in [2.05, 4.69) is 27.3 Å². The molecule has 2 amide bonds. The van der Waals surface area contributed by atoms with Crippen LogP contribution >= 0.6 is 15.9 Å². The Morgan fingerprint density at radius 3 is 2.72 bits per heavy atom. The third-order valence-corrected chi connectivity index (χ3v) is 5.50. The molecule has 0 spiro atoms. The van der Waals surface area contributed by atoms with Crippen LogP contribution in [-0.4, -0.2) is 29.5 Å². The van der Waals surface area contributed by atoms with Crippen LogP contribution < -0.4 is 5.32 Å². The molecule has 3 atom stereocenters. The lowest BCUT2D eigenvalue weighted by Gasteiger charge is -2.26. The Kier molecular flexibility index (Phi) is 6.89. The predicted molar refractivity (Wildman–Crippen MR) is 112 cm³/mol. The number of amides is 2. The maximum atomic E-state index is 12.9. The zero-order valence-electron chi connectivity index (χ0n) is 16.0. The van der Waals surface area contributed by atoms with Gasteiger partial charge in [0, 0.05) is 11.0 Å². The van der Waals surface area contributed by atoms with E-state index in [0.29, 0.717) is 18.5 Å². The van der Waals surface area contributed by atoms with Crippen molar-refractivity contribution in [2.24, 2.45) is 5.92 Å². The molecule has 2 aromatic carbocycles. The third-order valence-electron chi connectivity index (χ3n) is 5.01. The van der Waals surface area contributed by atoms with E-state index >= 15 is 0 Å². The number of benzene rings is 2. The van der Waals surface area contributed by atoms with Gasteiger partial charge in [0.1, 0.15) is 18.7 Å². The summed E-state index contributed by atoms with van der Waals surface area (Å²) in [5.41, 5.74) is 1.56. The molecule has 6 nitrogen and oxygen atoms in total. The summed E-state index contributed by atoms with van der Waals surface area (Å²) in [7, 11) is 0. The van der Waals surface area contributed by atoms with Crippen LogP contribution in [0.2, 0.25) is 0 Å². The van der Waals surface area contributed by atoms with Crippen LogP contribution in [0.15, 0.2) is 59.1 Å². The molecular formula is C22H22BrN3O3. The molecule has 7 heteroatoms. The van der Waals surface area contributed by atoms with Crippen LogP contribution in [0.25, 0.3) is 0 Å². The second kappa shape index (κ2) is 9.57. The van der Waals surface area contributed by atoms with E-state index in [0.717, 1.165) is 10.0 Å². The van der Waals surface area contributed by atoms with Gasteiger partial charge in [-0.2, -0.15) is 5.26 Å². The maximum absolute atomic E-state index is 12.9. The number of nitrogens with one attached hydrogen (secondary N) is 1. The van der Waals surface area contributed by atoms with Gasteiger partial charge in [0.2, 0.25) is 5.91 Å². The first-order valence-electron chi connectivity index (χ1n) is 9.42. The number of halogens is 1. The second-order valence-electron chi connectivity index (χ2n) is 7.07. The smallest absolute Gasteiger partial charge is 0.410 e.